The highest BCUT2D eigenvalue weighted by Gasteiger charge is 2.47. The second-order valence-corrected chi connectivity index (χ2v) is 5.41. The van der Waals surface area contributed by atoms with Gasteiger partial charge in [-0.1, -0.05) is 0 Å². The minimum atomic E-state index is -1.42. The molecule has 0 unspecified atom stereocenters. The van der Waals surface area contributed by atoms with E-state index in [0.29, 0.717) is 0 Å². The van der Waals surface area contributed by atoms with Crippen LogP contribution in [0.4, 0.5) is 0 Å². The molecule has 23 heavy (non-hydrogen) atoms. The summed E-state index contributed by atoms with van der Waals surface area (Å²) in [6, 6.07) is -0.918. The van der Waals surface area contributed by atoms with Gasteiger partial charge < -0.3 is 25.4 Å². The first kappa shape index (κ1) is 17.3. The van der Waals surface area contributed by atoms with Gasteiger partial charge in [-0.05, 0) is 13.8 Å². The van der Waals surface area contributed by atoms with Crippen LogP contribution in [0.3, 0.4) is 0 Å². The molecular weight excluding hydrogens is 310 g/mol. The van der Waals surface area contributed by atoms with Gasteiger partial charge in [-0.15, -0.1) is 0 Å². The number of carbonyl (C=O) groups excluding carboxylic acids is 1. The lowest BCUT2D eigenvalue weighted by Crippen LogP contribution is -2.43. The van der Waals surface area contributed by atoms with Crippen molar-refractivity contribution in [1.82, 2.24) is 9.55 Å². The van der Waals surface area contributed by atoms with E-state index in [1.807, 2.05) is 0 Å². The fraction of sp³-hybridized carbons (Fsp3) is 0.615. The largest absolute Gasteiger partial charge is 0.455 e. The summed E-state index contributed by atoms with van der Waals surface area (Å²) in [5, 5.41) is 19.6. The van der Waals surface area contributed by atoms with Crippen molar-refractivity contribution in [3.63, 3.8) is 0 Å². The zero-order chi connectivity index (χ0) is 17.3. The summed E-state index contributed by atoms with van der Waals surface area (Å²) in [6.45, 7) is 2.35. The second-order valence-electron chi connectivity index (χ2n) is 5.41. The van der Waals surface area contributed by atoms with Gasteiger partial charge in [0.2, 0.25) is 0 Å². The molecule has 2 heterocycles. The fourth-order valence-corrected chi connectivity index (χ4v) is 2.26. The van der Waals surface area contributed by atoms with E-state index >= 15 is 0 Å². The molecule has 1 aliphatic rings. The van der Waals surface area contributed by atoms with Crippen molar-refractivity contribution in [3.8, 4) is 0 Å². The molecule has 1 aromatic rings. The van der Waals surface area contributed by atoms with Crippen molar-refractivity contribution in [3.05, 3.63) is 32.6 Å². The Morgan fingerprint density at radius 3 is 2.78 bits per heavy atom. The predicted octanol–water partition coefficient (Wildman–Crippen LogP) is -2.65. The molecule has 1 saturated heterocycles. The van der Waals surface area contributed by atoms with E-state index in [0.717, 1.165) is 4.57 Å². The number of hydrogen-bond acceptors (Lipinski definition) is 8. The molecule has 5 N–H and O–H groups in total. The lowest BCUT2D eigenvalue weighted by molar-refractivity contribution is -0.157. The Morgan fingerprint density at radius 1 is 1.57 bits per heavy atom. The highest BCUT2D eigenvalue weighted by molar-refractivity contribution is 5.75. The van der Waals surface area contributed by atoms with Gasteiger partial charge >= 0.3 is 11.7 Å². The number of nitrogens with one attached hydrogen (secondary N) is 1. The monoisotopic (exact) mass is 329 g/mol. The minimum absolute atomic E-state index is 0.233. The van der Waals surface area contributed by atoms with Crippen LogP contribution in [0.25, 0.3) is 0 Å². The third-order valence-corrected chi connectivity index (χ3v) is 3.53. The number of rotatable bonds is 4. The zero-order valence-corrected chi connectivity index (χ0v) is 12.6. The average Bonchev–Trinajstić information content (AvgIpc) is 2.79. The third kappa shape index (κ3) is 3.34. The Kier molecular flexibility index (Phi) is 5.00. The Balaban J connectivity index is 2.32. The molecule has 1 aromatic heterocycles. The highest BCUT2D eigenvalue weighted by atomic mass is 16.6. The minimum Gasteiger partial charge on any atom is -0.455 e. The van der Waals surface area contributed by atoms with Gasteiger partial charge in [-0.3, -0.25) is 19.1 Å². The Hall–Kier alpha value is -2.01. The first-order valence-electron chi connectivity index (χ1n) is 6.98. The van der Waals surface area contributed by atoms with E-state index in [1.54, 1.807) is 0 Å². The number of aryl methyl sites for hydroxylation is 1. The van der Waals surface area contributed by atoms with Gasteiger partial charge in [0.25, 0.3) is 5.56 Å². The molecule has 0 amide bonds. The smallest absolute Gasteiger partial charge is 0.330 e. The van der Waals surface area contributed by atoms with Crippen molar-refractivity contribution in [2.75, 3.05) is 6.61 Å². The molecule has 0 aliphatic carbocycles. The van der Waals surface area contributed by atoms with Crippen LogP contribution in [0.2, 0.25) is 0 Å². The molecule has 5 atom stereocenters. The predicted molar refractivity (Wildman–Crippen MR) is 76.6 cm³/mol. The van der Waals surface area contributed by atoms with E-state index in [1.165, 1.54) is 20.0 Å². The average molecular weight is 329 g/mol. The van der Waals surface area contributed by atoms with Crippen LogP contribution in [0.15, 0.2) is 15.8 Å². The molecule has 128 valence electrons. The van der Waals surface area contributed by atoms with Crippen molar-refractivity contribution >= 4 is 5.97 Å². The number of aromatic amines is 1. The third-order valence-electron chi connectivity index (χ3n) is 3.53. The molecule has 0 bridgehead atoms. The summed E-state index contributed by atoms with van der Waals surface area (Å²) in [6.07, 6.45) is -3.64. The molecule has 1 aliphatic heterocycles. The summed E-state index contributed by atoms with van der Waals surface area (Å²) >= 11 is 0. The van der Waals surface area contributed by atoms with Gasteiger partial charge in [0.05, 0.1) is 6.61 Å². The van der Waals surface area contributed by atoms with Gasteiger partial charge in [0.15, 0.2) is 12.3 Å². The molecule has 1 fully saturated rings. The van der Waals surface area contributed by atoms with Crippen LogP contribution in [0, 0.1) is 6.92 Å². The maximum absolute atomic E-state index is 11.9. The van der Waals surface area contributed by atoms with Gasteiger partial charge in [0, 0.05) is 11.8 Å². The molecule has 0 aromatic carbocycles. The Bertz CT molecular complexity index is 696. The number of H-pyrrole nitrogens is 1. The summed E-state index contributed by atoms with van der Waals surface area (Å²) in [5.41, 5.74) is 4.28. The molecule has 0 radical (unpaired) electrons. The maximum atomic E-state index is 11.9. The van der Waals surface area contributed by atoms with Crippen LogP contribution in [0.1, 0.15) is 18.7 Å². The summed E-state index contributed by atoms with van der Waals surface area (Å²) < 4.78 is 11.4. The Labute approximate surface area is 130 Å². The van der Waals surface area contributed by atoms with Crippen molar-refractivity contribution in [2.45, 2.75) is 44.4 Å². The van der Waals surface area contributed by atoms with Crippen molar-refractivity contribution in [1.29, 1.82) is 0 Å². The van der Waals surface area contributed by atoms with Crippen LogP contribution in [0.5, 0.6) is 0 Å². The number of carbonyl (C=O) groups is 1. The van der Waals surface area contributed by atoms with E-state index in [4.69, 9.17) is 15.2 Å². The maximum Gasteiger partial charge on any atom is 0.330 e. The standard InChI is InChI=1S/C13H19N3O7/c1-5-3-16(13(21)15-10(5)19)11-8(18)9(7(4-17)22-11)23-12(20)6(2)14/h3,6-9,11,17-18H,4,14H2,1-2H3,(H,15,19,21)/t6-,7+,8+,9+,11+/m0/s1. The van der Waals surface area contributed by atoms with Crippen molar-refractivity contribution in [2.24, 2.45) is 5.73 Å². The number of ether oxygens (including phenoxy) is 2. The Morgan fingerprint density at radius 2 is 2.22 bits per heavy atom. The first-order valence-corrected chi connectivity index (χ1v) is 6.98. The van der Waals surface area contributed by atoms with E-state index in [-0.39, 0.29) is 5.56 Å². The topological polar surface area (TPSA) is 157 Å². The summed E-state index contributed by atoms with van der Waals surface area (Å²) in [7, 11) is 0. The van der Waals surface area contributed by atoms with Crippen molar-refractivity contribution < 1.29 is 24.5 Å². The quantitative estimate of drug-likeness (QED) is 0.436. The number of nitrogens with zero attached hydrogens (tertiary/aromatic N) is 1. The molecule has 10 heteroatoms. The lowest BCUT2D eigenvalue weighted by atomic mass is 10.1. The summed E-state index contributed by atoms with van der Waals surface area (Å²) in [5.74, 6) is -0.776. The van der Waals surface area contributed by atoms with E-state index < -0.39 is 54.4 Å². The zero-order valence-electron chi connectivity index (χ0n) is 12.6. The van der Waals surface area contributed by atoms with Gasteiger partial charge in [0.1, 0.15) is 18.2 Å². The fourth-order valence-electron chi connectivity index (χ4n) is 2.26. The SMILES string of the molecule is Cc1cn([C@@H]2O[C@H](CO)[C@@H](OC(=O)[C@H](C)N)[C@H]2O)c(=O)[nH]c1=O. The number of aromatic nitrogens is 2. The number of nitrogens with two attached hydrogens (primary N) is 1. The van der Waals surface area contributed by atoms with Crippen LogP contribution < -0.4 is 17.0 Å². The molecule has 0 saturated carbocycles. The molecular formula is C13H19N3O7. The number of hydrogen-bond donors (Lipinski definition) is 4. The van der Waals surface area contributed by atoms with E-state index in [2.05, 4.69) is 4.98 Å². The van der Waals surface area contributed by atoms with Gasteiger partial charge in [-0.25, -0.2) is 4.79 Å². The molecule has 0 spiro atoms. The summed E-state index contributed by atoms with van der Waals surface area (Å²) in [4.78, 5) is 37.0. The second kappa shape index (κ2) is 6.62. The number of aliphatic hydroxyl groups is 2. The first-order chi connectivity index (χ1) is 10.8. The number of esters is 1. The normalized spacial score (nSPS) is 28.6. The van der Waals surface area contributed by atoms with Gasteiger partial charge in [-0.2, -0.15) is 0 Å². The highest BCUT2D eigenvalue weighted by Crippen LogP contribution is 2.30. The van der Waals surface area contributed by atoms with Crippen LogP contribution >= 0.6 is 0 Å². The van der Waals surface area contributed by atoms with Crippen LogP contribution in [-0.4, -0.2) is 56.7 Å². The molecule has 10 nitrogen and oxygen atoms in total. The lowest BCUT2D eigenvalue weighted by Gasteiger charge is -2.21. The van der Waals surface area contributed by atoms with E-state index in [9.17, 15) is 24.6 Å². The number of aliphatic hydroxyl groups excluding tert-OH is 2. The van der Waals surface area contributed by atoms with Crippen LogP contribution in [-0.2, 0) is 14.3 Å². The molecule has 2 rings (SSSR count).